The van der Waals surface area contributed by atoms with Gasteiger partial charge in [-0.15, -0.1) is 0 Å². The summed E-state index contributed by atoms with van der Waals surface area (Å²) in [5.41, 5.74) is 1.89. The van der Waals surface area contributed by atoms with Gasteiger partial charge in [0.1, 0.15) is 5.82 Å². The molecule has 0 aromatic carbocycles. The molecule has 18 heavy (non-hydrogen) atoms. The van der Waals surface area contributed by atoms with Crippen LogP contribution in [0.5, 0.6) is 0 Å². The van der Waals surface area contributed by atoms with Crippen molar-refractivity contribution in [2.24, 2.45) is 7.05 Å². The summed E-state index contributed by atoms with van der Waals surface area (Å²) >= 11 is 0. The molecule has 1 aromatic heterocycles. The number of nitrogens with zero attached hydrogens (tertiary/aromatic N) is 3. The van der Waals surface area contributed by atoms with Crippen molar-refractivity contribution in [3.05, 3.63) is 11.3 Å². The predicted molar refractivity (Wildman–Crippen MR) is 68.6 cm³/mol. The third kappa shape index (κ3) is 1.73. The highest BCUT2D eigenvalue weighted by Gasteiger charge is 2.38. The molecular formula is C13H21N3O2. The summed E-state index contributed by atoms with van der Waals surface area (Å²) in [6.45, 7) is 3.69. The van der Waals surface area contributed by atoms with E-state index in [1.165, 1.54) is 12.8 Å². The molecule has 1 saturated carbocycles. The van der Waals surface area contributed by atoms with Crippen LogP contribution in [0.25, 0.3) is 0 Å². The van der Waals surface area contributed by atoms with Crippen molar-refractivity contribution in [1.29, 1.82) is 0 Å². The summed E-state index contributed by atoms with van der Waals surface area (Å²) in [7, 11) is 1.96. The van der Waals surface area contributed by atoms with E-state index >= 15 is 0 Å². The molecule has 2 aliphatic rings. The molecule has 2 atom stereocenters. The standard InChI is InChI=1S/C13H21N3O2/c1-9-10(8-17)13(15(2)14-9)16-6-7-18-12-5-3-4-11(12)16/h11-12,17H,3-8H2,1-2H3. The Labute approximate surface area is 107 Å². The Hall–Kier alpha value is -1.07. The molecule has 0 spiro atoms. The molecule has 2 unspecified atom stereocenters. The lowest BCUT2D eigenvalue weighted by atomic mass is 10.1. The molecule has 1 aliphatic carbocycles. The highest BCUT2D eigenvalue weighted by atomic mass is 16.5. The van der Waals surface area contributed by atoms with Gasteiger partial charge in [-0.1, -0.05) is 0 Å². The van der Waals surface area contributed by atoms with Gasteiger partial charge < -0.3 is 14.7 Å². The Balaban J connectivity index is 1.98. The lowest BCUT2D eigenvalue weighted by Gasteiger charge is -2.39. The topological polar surface area (TPSA) is 50.5 Å². The lowest BCUT2D eigenvalue weighted by Crippen LogP contribution is -2.49. The molecule has 1 aliphatic heterocycles. The number of hydrogen-bond donors (Lipinski definition) is 1. The van der Waals surface area contributed by atoms with E-state index in [1.807, 2.05) is 18.7 Å². The maximum Gasteiger partial charge on any atom is 0.132 e. The van der Waals surface area contributed by atoms with Crippen molar-refractivity contribution < 1.29 is 9.84 Å². The third-order valence-electron chi connectivity index (χ3n) is 4.23. The van der Waals surface area contributed by atoms with Gasteiger partial charge in [0.25, 0.3) is 0 Å². The van der Waals surface area contributed by atoms with Crippen LogP contribution >= 0.6 is 0 Å². The van der Waals surface area contributed by atoms with Gasteiger partial charge in [-0.05, 0) is 26.2 Å². The van der Waals surface area contributed by atoms with Crippen LogP contribution in [0.1, 0.15) is 30.5 Å². The Morgan fingerprint density at radius 3 is 3.06 bits per heavy atom. The zero-order chi connectivity index (χ0) is 12.7. The van der Waals surface area contributed by atoms with E-state index in [0.29, 0.717) is 12.1 Å². The van der Waals surface area contributed by atoms with Crippen LogP contribution in [-0.4, -0.2) is 40.2 Å². The first kappa shape index (κ1) is 12.0. The number of aliphatic hydroxyl groups is 1. The number of aromatic nitrogens is 2. The van der Waals surface area contributed by atoms with Gasteiger partial charge in [-0.25, -0.2) is 0 Å². The van der Waals surface area contributed by atoms with E-state index in [9.17, 15) is 5.11 Å². The second-order valence-corrected chi connectivity index (χ2v) is 5.27. The number of fused-ring (bicyclic) bond motifs is 1. The number of hydrogen-bond acceptors (Lipinski definition) is 4. The number of rotatable bonds is 2. The highest BCUT2D eigenvalue weighted by Crippen LogP contribution is 2.35. The second kappa shape index (κ2) is 4.55. The monoisotopic (exact) mass is 251 g/mol. The molecule has 3 rings (SSSR count). The Kier molecular flexibility index (Phi) is 3.03. The third-order valence-corrected chi connectivity index (χ3v) is 4.23. The van der Waals surface area contributed by atoms with Gasteiger partial charge in [-0.2, -0.15) is 5.10 Å². The molecule has 0 bridgehead atoms. The molecule has 100 valence electrons. The number of ether oxygens (including phenoxy) is 1. The first-order chi connectivity index (χ1) is 8.72. The van der Waals surface area contributed by atoms with Crippen LogP contribution in [0.4, 0.5) is 5.82 Å². The van der Waals surface area contributed by atoms with Gasteiger partial charge in [0.15, 0.2) is 0 Å². The molecule has 0 radical (unpaired) electrons. The molecule has 1 N–H and O–H groups in total. The zero-order valence-corrected chi connectivity index (χ0v) is 11.1. The average molecular weight is 251 g/mol. The van der Waals surface area contributed by atoms with E-state index in [1.54, 1.807) is 0 Å². The van der Waals surface area contributed by atoms with Crippen molar-refractivity contribution in [1.82, 2.24) is 9.78 Å². The normalized spacial score (nSPS) is 27.6. The van der Waals surface area contributed by atoms with Gasteiger partial charge in [-0.3, -0.25) is 4.68 Å². The van der Waals surface area contributed by atoms with Crippen molar-refractivity contribution in [3.8, 4) is 0 Å². The van der Waals surface area contributed by atoms with Crippen molar-refractivity contribution >= 4 is 5.82 Å². The minimum atomic E-state index is 0.0593. The molecule has 2 fully saturated rings. The van der Waals surface area contributed by atoms with E-state index < -0.39 is 0 Å². The van der Waals surface area contributed by atoms with Gasteiger partial charge in [0.2, 0.25) is 0 Å². The largest absolute Gasteiger partial charge is 0.391 e. The minimum absolute atomic E-state index is 0.0593. The summed E-state index contributed by atoms with van der Waals surface area (Å²) in [6, 6.07) is 0.457. The number of aryl methyl sites for hydroxylation is 2. The summed E-state index contributed by atoms with van der Waals surface area (Å²) in [5.74, 6) is 1.08. The molecular weight excluding hydrogens is 230 g/mol. The fraction of sp³-hybridized carbons (Fsp3) is 0.769. The number of anilines is 1. The number of aliphatic hydroxyl groups excluding tert-OH is 1. The van der Waals surface area contributed by atoms with Crippen molar-refractivity contribution in [2.75, 3.05) is 18.1 Å². The van der Waals surface area contributed by atoms with Gasteiger partial charge in [0, 0.05) is 19.2 Å². The summed E-state index contributed by atoms with van der Waals surface area (Å²) < 4.78 is 7.74. The second-order valence-electron chi connectivity index (χ2n) is 5.27. The first-order valence-corrected chi connectivity index (χ1v) is 6.74. The lowest BCUT2D eigenvalue weighted by molar-refractivity contribution is 0.0249. The molecule has 5 heteroatoms. The van der Waals surface area contributed by atoms with E-state index in [2.05, 4.69) is 10.00 Å². The molecule has 1 saturated heterocycles. The van der Waals surface area contributed by atoms with E-state index in [4.69, 9.17) is 4.74 Å². The van der Waals surface area contributed by atoms with Crippen LogP contribution in [-0.2, 0) is 18.4 Å². The van der Waals surface area contributed by atoms with Crippen LogP contribution < -0.4 is 4.90 Å². The fourth-order valence-corrected chi connectivity index (χ4v) is 3.42. The minimum Gasteiger partial charge on any atom is -0.391 e. The predicted octanol–water partition coefficient (Wildman–Crippen LogP) is 0.979. The van der Waals surface area contributed by atoms with Crippen LogP contribution in [0.15, 0.2) is 0 Å². The average Bonchev–Trinajstić information content (AvgIpc) is 2.92. The van der Waals surface area contributed by atoms with E-state index in [0.717, 1.165) is 36.6 Å². The van der Waals surface area contributed by atoms with Crippen LogP contribution in [0.3, 0.4) is 0 Å². The first-order valence-electron chi connectivity index (χ1n) is 6.74. The number of morpholine rings is 1. The molecule has 5 nitrogen and oxygen atoms in total. The van der Waals surface area contributed by atoms with Crippen molar-refractivity contribution in [3.63, 3.8) is 0 Å². The quantitative estimate of drug-likeness (QED) is 0.851. The molecule has 1 aromatic rings. The Morgan fingerprint density at radius 2 is 2.28 bits per heavy atom. The van der Waals surface area contributed by atoms with Crippen molar-refractivity contribution in [2.45, 2.75) is 44.9 Å². The Bertz CT molecular complexity index is 444. The van der Waals surface area contributed by atoms with Gasteiger partial charge >= 0.3 is 0 Å². The fourth-order valence-electron chi connectivity index (χ4n) is 3.42. The summed E-state index contributed by atoms with van der Waals surface area (Å²) in [4.78, 5) is 2.40. The summed E-state index contributed by atoms with van der Waals surface area (Å²) in [6.07, 6.45) is 3.93. The maximum atomic E-state index is 9.57. The summed E-state index contributed by atoms with van der Waals surface area (Å²) in [5, 5.41) is 14.0. The smallest absolute Gasteiger partial charge is 0.132 e. The Morgan fingerprint density at radius 1 is 1.44 bits per heavy atom. The van der Waals surface area contributed by atoms with Gasteiger partial charge in [0.05, 0.1) is 31.1 Å². The molecule has 2 heterocycles. The van der Waals surface area contributed by atoms with Crippen LogP contribution in [0, 0.1) is 6.92 Å². The van der Waals surface area contributed by atoms with Crippen LogP contribution in [0.2, 0.25) is 0 Å². The maximum absolute atomic E-state index is 9.57. The zero-order valence-electron chi connectivity index (χ0n) is 11.1. The molecule has 0 amide bonds. The SMILES string of the molecule is Cc1nn(C)c(N2CCOC3CCCC32)c1CO. The van der Waals surface area contributed by atoms with E-state index in [-0.39, 0.29) is 6.61 Å². The highest BCUT2D eigenvalue weighted by molar-refractivity contribution is 5.51.